The zero-order valence-electron chi connectivity index (χ0n) is 11.9. The number of rotatable bonds is 0. The van der Waals surface area contributed by atoms with Gasteiger partial charge in [0.15, 0.2) is 0 Å². The summed E-state index contributed by atoms with van der Waals surface area (Å²) in [5.41, 5.74) is 0.128. The number of hydrogen-bond acceptors (Lipinski definition) is 7. The molecule has 24 heavy (non-hydrogen) atoms. The molecular formula is C17H8O7. The number of phenols is 1. The van der Waals surface area contributed by atoms with Gasteiger partial charge in [0.2, 0.25) is 0 Å². The Hall–Kier alpha value is -3.48. The van der Waals surface area contributed by atoms with Gasteiger partial charge in [-0.3, -0.25) is 4.79 Å². The topological polar surface area (TPSA) is 107 Å². The molecule has 6 bridgehead atoms. The highest BCUT2D eigenvalue weighted by molar-refractivity contribution is 6.12. The number of carbonyl (C=O) groups excluding carboxylic acids is 4. The molecule has 0 amide bonds. The fourth-order valence-electron chi connectivity index (χ4n) is 2.85. The van der Waals surface area contributed by atoms with Crippen LogP contribution in [0.15, 0.2) is 36.4 Å². The van der Waals surface area contributed by atoms with E-state index in [-0.39, 0.29) is 16.7 Å². The third kappa shape index (κ3) is 1.91. The number of phenolic OH excluding ortho intramolecular Hbond substituents is 1. The molecule has 0 aromatic heterocycles. The second kappa shape index (κ2) is 4.76. The Morgan fingerprint density at radius 3 is 2.00 bits per heavy atom. The summed E-state index contributed by atoms with van der Waals surface area (Å²) in [7, 11) is 0. The van der Waals surface area contributed by atoms with Crippen LogP contribution < -0.4 is 0 Å². The molecule has 0 spiro atoms. The van der Waals surface area contributed by atoms with Crippen molar-refractivity contribution in [3.05, 3.63) is 64.2 Å². The predicted molar refractivity (Wildman–Crippen MR) is 76.6 cm³/mol. The molecule has 0 saturated carbocycles. The van der Waals surface area contributed by atoms with E-state index in [2.05, 4.69) is 0 Å². The van der Waals surface area contributed by atoms with E-state index >= 15 is 0 Å². The molecule has 4 aliphatic rings. The van der Waals surface area contributed by atoms with Gasteiger partial charge in [-0.2, -0.15) is 0 Å². The normalized spacial score (nSPS) is 18.8. The molecule has 0 fully saturated rings. The van der Waals surface area contributed by atoms with Crippen LogP contribution in [-0.4, -0.2) is 29.0 Å². The van der Waals surface area contributed by atoms with Gasteiger partial charge in [0.05, 0.1) is 11.1 Å². The van der Waals surface area contributed by atoms with Crippen molar-refractivity contribution in [3.63, 3.8) is 0 Å². The second-order valence-electron chi connectivity index (χ2n) is 5.40. The van der Waals surface area contributed by atoms with E-state index in [1.807, 2.05) is 0 Å². The van der Waals surface area contributed by atoms with Gasteiger partial charge in [-0.25, -0.2) is 14.4 Å². The smallest absolute Gasteiger partial charge is 0.349 e. The number of fused-ring (bicyclic) bond motifs is 7. The number of ether oxygens (including phenoxy) is 2. The minimum atomic E-state index is -1.06. The first-order valence-electron chi connectivity index (χ1n) is 6.95. The van der Waals surface area contributed by atoms with Crippen LogP contribution in [0.25, 0.3) is 0 Å². The predicted octanol–water partition coefficient (Wildman–Crippen LogP) is 1.53. The second-order valence-corrected chi connectivity index (χ2v) is 5.40. The van der Waals surface area contributed by atoms with Crippen molar-refractivity contribution >= 4 is 23.9 Å². The standard InChI is InChI=1S/C17H8O7/c18-12-6-8-2-4-10(12)15(20)23-16(21)11-5-7-1-3-9(11)14(19)24-17(22)13(7)8/h1-6,13,18H. The SMILES string of the molecule is O=C1OC(=O)c2cc3ccc2C(=O)OC(=O)C3c2ccc1c(O)c2. The Morgan fingerprint density at radius 2 is 1.29 bits per heavy atom. The first kappa shape index (κ1) is 14.1. The summed E-state index contributed by atoms with van der Waals surface area (Å²) in [5.74, 6) is -5.43. The minimum absolute atomic E-state index is 0.171. The van der Waals surface area contributed by atoms with Crippen molar-refractivity contribution in [2.45, 2.75) is 5.92 Å². The molecule has 6 rings (SSSR count). The van der Waals surface area contributed by atoms with Gasteiger partial charge in [0.1, 0.15) is 17.2 Å². The molecule has 4 heterocycles. The number of carbonyl (C=O) groups is 4. The van der Waals surface area contributed by atoms with Crippen LogP contribution in [0.5, 0.6) is 5.75 Å². The Balaban J connectivity index is 2.08. The first-order chi connectivity index (χ1) is 11.5. The molecular weight excluding hydrogens is 316 g/mol. The van der Waals surface area contributed by atoms with Gasteiger partial charge in [0, 0.05) is 0 Å². The highest BCUT2D eigenvalue weighted by atomic mass is 16.6. The number of esters is 4. The molecule has 2 aromatic carbocycles. The van der Waals surface area contributed by atoms with Gasteiger partial charge in [0.25, 0.3) is 0 Å². The van der Waals surface area contributed by atoms with Crippen molar-refractivity contribution in [3.8, 4) is 5.75 Å². The van der Waals surface area contributed by atoms with Crippen molar-refractivity contribution in [1.29, 1.82) is 0 Å². The molecule has 4 aliphatic heterocycles. The highest BCUT2D eigenvalue weighted by Crippen LogP contribution is 2.34. The molecule has 1 N–H and O–H groups in total. The summed E-state index contributed by atoms with van der Waals surface area (Å²) >= 11 is 0. The van der Waals surface area contributed by atoms with Gasteiger partial charge in [-0.05, 0) is 35.4 Å². The minimum Gasteiger partial charge on any atom is -0.507 e. The molecule has 7 heteroatoms. The molecule has 0 aliphatic carbocycles. The van der Waals surface area contributed by atoms with Crippen LogP contribution in [0, 0.1) is 0 Å². The van der Waals surface area contributed by atoms with Crippen LogP contribution in [0.2, 0.25) is 0 Å². The van der Waals surface area contributed by atoms with E-state index in [9.17, 15) is 24.3 Å². The lowest BCUT2D eigenvalue weighted by atomic mass is 9.87. The van der Waals surface area contributed by atoms with E-state index in [1.165, 1.54) is 36.4 Å². The Bertz CT molecular complexity index is 957. The molecule has 1 atom stereocenters. The van der Waals surface area contributed by atoms with E-state index in [4.69, 9.17) is 9.47 Å². The summed E-state index contributed by atoms with van der Waals surface area (Å²) in [5, 5.41) is 10.0. The number of benzene rings is 2. The van der Waals surface area contributed by atoms with E-state index in [1.54, 1.807) is 0 Å². The summed E-state index contributed by atoms with van der Waals surface area (Å²) < 4.78 is 9.53. The van der Waals surface area contributed by atoms with Crippen LogP contribution in [0.1, 0.15) is 48.1 Å². The maximum atomic E-state index is 12.3. The van der Waals surface area contributed by atoms with Crippen LogP contribution >= 0.6 is 0 Å². The third-order valence-electron chi connectivity index (χ3n) is 4.01. The van der Waals surface area contributed by atoms with Gasteiger partial charge in [-0.15, -0.1) is 0 Å². The molecule has 1 unspecified atom stereocenters. The van der Waals surface area contributed by atoms with Crippen molar-refractivity contribution in [2.75, 3.05) is 0 Å². The van der Waals surface area contributed by atoms with Gasteiger partial charge >= 0.3 is 23.9 Å². The van der Waals surface area contributed by atoms with E-state index in [0.29, 0.717) is 11.1 Å². The summed E-state index contributed by atoms with van der Waals surface area (Å²) in [6.07, 6.45) is 0. The quantitative estimate of drug-likeness (QED) is 0.578. The highest BCUT2D eigenvalue weighted by Gasteiger charge is 2.35. The lowest BCUT2D eigenvalue weighted by Crippen LogP contribution is -2.26. The third-order valence-corrected chi connectivity index (χ3v) is 4.01. The largest absolute Gasteiger partial charge is 0.507 e. The molecule has 0 saturated heterocycles. The van der Waals surface area contributed by atoms with E-state index < -0.39 is 35.5 Å². The maximum Gasteiger partial charge on any atom is 0.349 e. The van der Waals surface area contributed by atoms with Gasteiger partial charge in [-0.1, -0.05) is 12.1 Å². The Morgan fingerprint density at radius 1 is 0.708 bits per heavy atom. The molecule has 2 aromatic rings. The average molecular weight is 324 g/mol. The Labute approximate surface area is 134 Å². The summed E-state index contributed by atoms with van der Waals surface area (Å²) in [6, 6.07) is 8.05. The lowest BCUT2D eigenvalue weighted by Gasteiger charge is -2.20. The average Bonchev–Trinajstić information content (AvgIpc) is 2.54. The number of aromatic hydroxyl groups is 1. The Kier molecular flexibility index (Phi) is 2.80. The molecule has 118 valence electrons. The van der Waals surface area contributed by atoms with Crippen LogP contribution in [-0.2, 0) is 14.3 Å². The fraction of sp³-hybridized carbons (Fsp3) is 0.0588. The van der Waals surface area contributed by atoms with Gasteiger partial charge < -0.3 is 14.6 Å². The fourth-order valence-corrected chi connectivity index (χ4v) is 2.85. The lowest BCUT2D eigenvalue weighted by molar-refractivity contribution is -0.138. The molecule has 7 nitrogen and oxygen atoms in total. The van der Waals surface area contributed by atoms with Crippen molar-refractivity contribution in [2.24, 2.45) is 0 Å². The maximum absolute atomic E-state index is 12.3. The number of hydrogen-bond donors (Lipinski definition) is 1. The van der Waals surface area contributed by atoms with Crippen LogP contribution in [0.4, 0.5) is 0 Å². The molecule has 0 radical (unpaired) electrons. The van der Waals surface area contributed by atoms with E-state index in [0.717, 1.165) is 0 Å². The first-order valence-corrected chi connectivity index (χ1v) is 6.95. The van der Waals surface area contributed by atoms with Crippen molar-refractivity contribution in [1.82, 2.24) is 0 Å². The summed E-state index contributed by atoms with van der Waals surface area (Å²) in [6.45, 7) is 0. The zero-order chi connectivity index (χ0) is 17.0. The zero-order valence-corrected chi connectivity index (χ0v) is 11.9. The summed E-state index contributed by atoms with van der Waals surface area (Å²) in [4.78, 5) is 48.7. The van der Waals surface area contributed by atoms with Crippen LogP contribution in [0.3, 0.4) is 0 Å². The van der Waals surface area contributed by atoms with Crippen molar-refractivity contribution < 1.29 is 33.8 Å². The monoisotopic (exact) mass is 324 g/mol.